The summed E-state index contributed by atoms with van der Waals surface area (Å²) in [5.74, 6) is -0.772. The van der Waals surface area contributed by atoms with Gasteiger partial charge in [0.05, 0.1) is 6.61 Å². The van der Waals surface area contributed by atoms with E-state index in [0.717, 1.165) is 15.6 Å². The molecule has 0 spiro atoms. The van der Waals surface area contributed by atoms with Crippen LogP contribution in [0.25, 0.3) is 0 Å². The standard InChI is InChI=1S/C12H14BrClO3/c1-17-7-9-10(13)5-8(6-11(9)14)3-2-4-12(15)16/h5-6H,2-4,7H2,1H3,(H,15,16). The predicted molar refractivity (Wildman–Crippen MR) is 70.4 cm³/mol. The number of benzene rings is 1. The SMILES string of the molecule is COCc1c(Cl)cc(CCCC(=O)O)cc1Br. The van der Waals surface area contributed by atoms with Gasteiger partial charge in [0.15, 0.2) is 0 Å². The number of carboxylic acids is 1. The van der Waals surface area contributed by atoms with E-state index in [4.69, 9.17) is 21.4 Å². The summed E-state index contributed by atoms with van der Waals surface area (Å²) < 4.78 is 5.95. The van der Waals surface area contributed by atoms with E-state index in [-0.39, 0.29) is 6.42 Å². The molecule has 0 bridgehead atoms. The molecular formula is C12H14BrClO3. The van der Waals surface area contributed by atoms with E-state index in [1.54, 1.807) is 7.11 Å². The second-order valence-corrected chi connectivity index (χ2v) is 4.98. The minimum absolute atomic E-state index is 0.176. The molecule has 0 aromatic heterocycles. The van der Waals surface area contributed by atoms with E-state index in [0.29, 0.717) is 24.5 Å². The molecule has 5 heteroatoms. The Morgan fingerprint density at radius 3 is 2.76 bits per heavy atom. The lowest BCUT2D eigenvalue weighted by molar-refractivity contribution is -0.137. The normalized spacial score (nSPS) is 10.5. The highest BCUT2D eigenvalue weighted by molar-refractivity contribution is 9.10. The number of carboxylic acid groups (broad SMARTS) is 1. The maximum atomic E-state index is 10.4. The van der Waals surface area contributed by atoms with Gasteiger partial charge in [0, 0.05) is 28.6 Å². The van der Waals surface area contributed by atoms with Crippen LogP contribution >= 0.6 is 27.5 Å². The Morgan fingerprint density at radius 2 is 2.24 bits per heavy atom. The third kappa shape index (κ3) is 4.66. The molecule has 0 aliphatic rings. The lowest BCUT2D eigenvalue weighted by Crippen LogP contribution is -1.97. The van der Waals surface area contributed by atoms with Crippen LogP contribution in [-0.2, 0) is 22.6 Å². The van der Waals surface area contributed by atoms with E-state index >= 15 is 0 Å². The highest BCUT2D eigenvalue weighted by Crippen LogP contribution is 2.28. The number of halogens is 2. The molecule has 0 aliphatic carbocycles. The lowest BCUT2D eigenvalue weighted by atomic mass is 10.1. The number of aliphatic carboxylic acids is 1. The van der Waals surface area contributed by atoms with Crippen LogP contribution in [0.5, 0.6) is 0 Å². The molecule has 1 aromatic carbocycles. The largest absolute Gasteiger partial charge is 0.481 e. The number of aryl methyl sites for hydroxylation is 1. The van der Waals surface area contributed by atoms with Crippen LogP contribution in [0.2, 0.25) is 5.02 Å². The summed E-state index contributed by atoms with van der Waals surface area (Å²) in [5, 5.41) is 9.21. The van der Waals surface area contributed by atoms with Gasteiger partial charge in [-0.25, -0.2) is 0 Å². The van der Waals surface area contributed by atoms with Gasteiger partial charge in [-0.3, -0.25) is 4.79 Å². The van der Waals surface area contributed by atoms with Crippen molar-refractivity contribution in [2.75, 3.05) is 7.11 Å². The maximum Gasteiger partial charge on any atom is 0.303 e. The van der Waals surface area contributed by atoms with Crippen molar-refractivity contribution in [1.29, 1.82) is 0 Å². The van der Waals surface area contributed by atoms with Crippen LogP contribution in [0.1, 0.15) is 24.0 Å². The number of methoxy groups -OCH3 is 1. The maximum absolute atomic E-state index is 10.4. The van der Waals surface area contributed by atoms with Crippen LogP contribution in [-0.4, -0.2) is 18.2 Å². The van der Waals surface area contributed by atoms with Crippen molar-refractivity contribution in [2.24, 2.45) is 0 Å². The Balaban J connectivity index is 2.72. The fraction of sp³-hybridized carbons (Fsp3) is 0.417. The summed E-state index contributed by atoms with van der Waals surface area (Å²) in [4.78, 5) is 10.4. The van der Waals surface area contributed by atoms with Gasteiger partial charge in [-0.05, 0) is 30.5 Å². The first-order valence-electron chi connectivity index (χ1n) is 5.22. The minimum atomic E-state index is -0.772. The number of rotatable bonds is 6. The lowest BCUT2D eigenvalue weighted by Gasteiger charge is -2.09. The summed E-state index contributed by atoms with van der Waals surface area (Å²) in [6.45, 7) is 0.453. The molecule has 0 atom stereocenters. The van der Waals surface area contributed by atoms with E-state index in [2.05, 4.69) is 15.9 Å². The van der Waals surface area contributed by atoms with Gasteiger partial charge < -0.3 is 9.84 Å². The number of hydrogen-bond donors (Lipinski definition) is 1. The summed E-state index contributed by atoms with van der Waals surface area (Å²) in [5.41, 5.74) is 1.94. The quantitative estimate of drug-likeness (QED) is 0.870. The predicted octanol–water partition coefficient (Wildman–Crippen LogP) is 3.66. The van der Waals surface area contributed by atoms with Crippen LogP contribution < -0.4 is 0 Å². The van der Waals surface area contributed by atoms with Gasteiger partial charge in [0.25, 0.3) is 0 Å². The molecule has 0 amide bonds. The van der Waals surface area contributed by atoms with E-state index < -0.39 is 5.97 Å². The highest BCUT2D eigenvalue weighted by atomic mass is 79.9. The molecule has 3 nitrogen and oxygen atoms in total. The highest BCUT2D eigenvalue weighted by Gasteiger charge is 2.08. The smallest absolute Gasteiger partial charge is 0.303 e. The molecule has 0 aliphatic heterocycles. The Labute approximate surface area is 114 Å². The summed E-state index contributed by atoms with van der Waals surface area (Å²) in [6, 6.07) is 3.82. The van der Waals surface area contributed by atoms with Gasteiger partial charge in [0.1, 0.15) is 0 Å². The second-order valence-electron chi connectivity index (χ2n) is 3.72. The Morgan fingerprint density at radius 1 is 1.53 bits per heavy atom. The summed E-state index contributed by atoms with van der Waals surface area (Å²) in [7, 11) is 1.61. The summed E-state index contributed by atoms with van der Waals surface area (Å²) in [6.07, 6.45) is 1.49. The monoisotopic (exact) mass is 320 g/mol. The Hall–Kier alpha value is -0.580. The number of carbonyl (C=O) groups is 1. The molecular weight excluding hydrogens is 307 g/mol. The molecule has 0 fully saturated rings. The molecule has 0 saturated carbocycles. The van der Waals surface area contributed by atoms with Crippen molar-refractivity contribution < 1.29 is 14.6 Å². The minimum Gasteiger partial charge on any atom is -0.481 e. The zero-order valence-electron chi connectivity index (χ0n) is 9.50. The fourth-order valence-electron chi connectivity index (χ4n) is 1.53. The van der Waals surface area contributed by atoms with Crippen molar-refractivity contribution >= 4 is 33.5 Å². The second kappa shape index (κ2) is 6.99. The molecule has 17 heavy (non-hydrogen) atoms. The third-order valence-electron chi connectivity index (χ3n) is 2.35. The zero-order valence-corrected chi connectivity index (χ0v) is 11.8. The van der Waals surface area contributed by atoms with Crippen molar-refractivity contribution in [3.63, 3.8) is 0 Å². The van der Waals surface area contributed by atoms with E-state index in [9.17, 15) is 4.79 Å². The molecule has 0 radical (unpaired) electrons. The van der Waals surface area contributed by atoms with Gasteiger partial charge >= 0.3 is 5.97 Å². The Bertz CT molecular complexity index is 384. The fourth-order valence-corrected chi connectivity index (χ4v) is 2.56. The first-order chi connectivity index (χ1) is 8.04. The average molecular weight is 322 g/mol. The van der Waals surface area contributed by atoms with E-state index in [1.807, 2.05) is 12.1 Å². The van der Waals surface area contributed by atoms with E-state index in [1.165, 1.54) is 0 Å². The number of hydrogen-bond acceptors (Lipinski definition) is 2. The molecule has 94 valence electrons. The molecule has 0 unspecified atom stereocenters. The van der Waals surface area contributed by atoms with Gasteiger partial charge in [-0.15, -0.1) is 0 Å². The van der Waals surface area contributed by atoms with Crippen LogP contribution in [0.3, 0.4) is 0 Å². The van der Waals surface area contributed by atoms with Crippen LogP contribution in [0.15, 0.2) is 16.6 Å². The molecule has 1 rings (SSSR count). The van der Waals surface area contributed by atoms with Gasteiger partial charge in [-0.2, -0.15) is 0 Å². The Kier molecular flexibility index (Phi) is 5.95. The average Bonchev–Trinajstić information content (AvgIpc) is 2.23. The topological polar surface area (TPSA) is 46.5 Å². The van der Waals surface area contributed by atoms with Crippen molar-refractivity contribution in [3.8, 4) is 0 Å². The molecule has 1 aromatic rings. The first kappa shape index (κ1) is 14.5. The first-order valence-corrected chi connectivity index (χ1v) is 6.39. The van der Waals surface area contributed by atoms with Crippen molar-refractivity contribution in [3.05, 3.63) is 32.8 Å². The van der Waals surface area contributed by atoms with Gasteiger partial charge in [-0.1, -0.05) is 27.5 Å². The number of ether oxygens (including phenoxy) is 1. The van der Waals surface area contributed by atoms with Crippen molar-refractivity contribution in [2.45, 2.75) is 25.9 Å². The molecule has 0 saturated heterocycles. The summed E-state index contributed by atoms with van der Waals surface area (Å²) >= 11 is 9.57. The van der Waals surface area contributed by atoms with Crippen molar-refractivity contribution in [1.82, 2.24) is 0 Å². The zero-order chi connectivity index (χ0) is 12.8. The molecule has 0 heterocycles. The van der Waals surface area contributed by atoms with Crippen LogP contribution in [0, 0.1) is 0 Å². The van der Waals surface area contributed by atoms with Crippen LogP contribution in [0.4, 0.5) is 0 Å². The molecule has 1 N–H and O–H groups in total. The van der Waals surface area contributed by atoms with Gasteiger partial charge in [0.2, 0.25) is 0 Å². The third-order valence-corrected chi connectivity index (χ3v) is 3.39.